The van der Waals surface area contributed by atoms with E-state index >= 15 is 0 Å². The van der Waals surface area contributed by atoms with E-state index in [2.05, 4.69) is 11.1 Å². The smallest absolute Gasteiger partial charge is 0.0921 e. The van der Waals surface area contributed by atoms with Crippen LogP contribution in [0.25, 0.3) is 16.2 Å². The highest BCUT2D eigenvalue weighted by atomic mass is 32.1. The Hall–Kier alpha value is -1.35. The molecule has 0 aliphatic carbocycles. The summed E-state index contributed by atoms with van der Waals surface area (Å²) in [6.07, 6.45) is 8.61. The Bertz CT molecular complexity index is 501. The lowest BCUT2D eigenvalue weighted by Gasteiger charge is -1.93. The van der Waals surface area contributed by atoms with Crippen molar-refractivity contribution in [1.29, 1.82) is 0 Å². The lowest BCUT2D eigenvalue weighted by molar-refractivity contribution is 0.259. The Balaban J connectivity index is 2.34. The number of rotatable bonds is 0. The normalized spacial score (nSPS) is 14.9. The van der Waals surface area contributed by atoms with Gasteiger partial charge in [0.05, 0.1) is 12.9 Å². The van der Waals surface area contributed by atoms with Gasteiger partial charge in [-0.25, -0.2) is 0 Å². The summed E-state index contributed by atoms with van der Waals surface area (Å²) >= 11 is 1.84. The minimum Gasteiger partial charge on any atom is -0.501 e. The number of nitrogens with zero attached hydrogens (tertiary/aromatic N) is 1. The molecule has 0 atom stereocenters. The highest BCUT2D eigenvalue weighted by Gasteiger charge is 2.11. The second kappa shape index (κ2) is 3.10. The van der Waals surface area contributed by atoms with Crippen LogP contribution in [0.1, 0.15) is 10.4 Å². The number of ether oxygens (including phenoxy) is 1. The molecule has 3 rings (SSSR count). The molecule has 0 radical (unpaired) electrons. The maximum Gasteiger partial charge on any atom is 0.0921 e. The summed E-state index contributed by atoms with van der Waals surface area (Å²) < 4.78 is 6.61. The van der Waals surface area contributed by atoms with Gasteiger partial charge in [-0.15, -0.1) is 11.3 Å². The molecule has 1 aliphatic rings. The van der Waals surface area contributed by atoms with Gasteiger partial charge in [0.1, 0.15) is 0 Å². The Morgan fingerprint density at radius 2 is 2.43 bits per heavy atom. The average molecular weight is 203 g/mol. The second-order valence-electron chi connectivity index (χ2n) is 3.23. The lowest BCUT2D eigenvalue weighted by Crippen LogP contribution is -1.88. The largest absolute Gasteiger partial charge is 0.501 e. The van der Waals surface area contributed by atoms with Gasteiger partial charge in [-0.1, -0.05) is 0 Å². The van der Waals surface area contributed by atoms with E-state index in [-0.39, 0.29) is 0 Å². The number of fused-ring (bicyclic) bond motifs is 3. The molecule has 3 heteroatoms. The third kappa shape index (κ3) is 1.13. The Kier molecular flexibility index (Phi) is 1.77. The number of pyridine rings is 1. The molecule has 2 aromatic heterocycles. The van der Waals surface area contributed by atoms with Crippen molar-refractivity contribution >= 4 is 27.5 Å². The van der Waals surface area contributed by atoms with Crippen molar-refractivity contribution in [1.82, 2.24) is 4.98 Å². The number of hydrogen-bond acceptors (Lipinski definition) is 3. The van der Waals surface area contributed by atoms with Gasteiger partial charge in [0, 0.05) is 39.3 Å². The van der Waals surface area contributed by atoms with Gasteiger partial charge in [-0.05, 0) is 12.1 Å². The predicted octanol–water partition coefficient (Wildman–Crippen LogP) is 2.84. The van der Waals surface area contributed by atoms with Crippen molar-refractivity contribution in [2.75, 3.05) is 6.61 Å². The standard InChI is InChI=1S/C11H9NOS/c1-4-12-7-9-8-2-5-13-6-3-11(8)14-10(1)9/h1-2,4-5,7H,3,6H2. The molecule has 0 amide bonds. The summed E-state index contributed by atoms with van der Waals surface area (Å²) in [7, 11) is 0. The summed E-state index contributed by atoms with van der Waals surface area (Å²) in [6, 6.07) is 2.07. The molecule has 0 saturated carbocycles. The Labute approximate surface area is 85.9 Å². The Morgan fingerprint density at radius 1 is 1.43 bits per heavy atom. The van der Waals surface area contributed by atoms with Crippen molar-refractivity contribution in [2.24, 2.45) is 0 Å². The molecule has 0 fully saturated rings. The molecule has 2 nitrogen and oxygen atoms in total. The van der Waals surface area contributed by atoms with E-state index < -0.39 is 0 Å². The number of hydrogen-bond donors (Lipinski definition) is 0. The topological polar surface area (TPSA) is 22.1 Å². The summed E-state index contributed by atoms with van der Waals surface area (Å²) in [6.45, 7) is 0.781. The Morgan fingerprint density at radius 3 is 3.43 bits per heavy atom. The van der Waals surface area contributed by atoms with Crippen LogP contribution in [0.15, 0.2) is 24.7 Å². The third-order valence-electron chi connectivity index (χ3n) is 2.38. The maximum atomic E-state index is 5.29. The molecule has 3 heterocycles. The quantitative estimate of drug-likeness (QED) is 0.656. The van der Waals surface area contributed by atoms with Crippen LogP contribution < -0.4 is 0 Å². The minimum absolute atomic E-state index is 0.781. The monoisotopic (exact) mass is 203 g/mol. The van der Waals surface area contributed by atoms with Crippen molar-refractivity contribution in [3.8, 4) is 0 Å². The molecule has 0 aromatic carbocycles. The first-order valence-corrected chi connectivity index (χ1v) is 5.40. The SMILES string of the molecule is C1=Cc2c(sc3ccncc23)CCO1. The fourth-order valence-corrected chi connectivity index (χ4v) is 2.86. The van der Waals surface area contributed by atoms with E-state index in [0.29, 0.717) is 0 Å². The fraction of sp³-hybridized carbons (Fsp3) is 0.182. The van der Waals surface area contributed by atoms with E-state index in [4.69, 9.17) is 4.74 Å². The third-order valence-corrected chi connectivity index (χ3v) is 3.63. The van der Waals surface area contributed by atoms with Crippen molar-refractivity contribution in [3.63, 3.8) is 0 Å². The van der Waals surface area contributed by atoms with Crippen LogP contribution >= 0.6 is 11.3 Å². The van der Waals surface area contributed by atoms with E-state index in [9.17, 15) is 0 Å². The molecule has 0 N–H and O–H groups in total. The molecular weight excluding hydrogens is 194 g/mol. The van der Waals surface area contributed by atoms with Crippen LogP contribution in [0.5, 0.6) is 0 Å². The first kappa shape index (κ1) is 8.00. The summed E-state index contributed by atoms with van der Waals surface area (Å²) in [5.41, 5.74) is 1.29. The zero-order valence-corrected chi connectivity index (χ0v) is 8.38. The average Bonchev–Trinajstić information content (AvgIpc) is 2.42. The van der Waals surface area contributed by atoms with E-state index in [1.807, 2.05) is 29.8 Å². The highest BCUT2D eigenvalue weighted by molar-refractivity contribution is 7.19. The van der Waals surface area contributed by atoms with Gasteiger partial charge in [-0.2, -0.15) is 0 Å². The van der Waals surface area contributed by atoms with Gasteiger partial charge in [0.2, 0.25) is 0 Å². The first-order valence-electron chi connectivity index (χ1n) is 4.59. The maximum absolute atomic E-state index is 5.29. The first-order chi connectivity index (χ1) is 6.95. The molecule has 0 spiro atoms. The molecule has 70 valence electrons. The zero-order valence-electron chi connectivity index (χ0n) is 7.56. The van der Waals surface area contributed by atoms with Gasteiger partial charge in [0.15, 0.2) is 0 Å². The van der Waals surface area contributed by atoms with Crippen LogP contribution in [0.3, 0.4) is 0 Å². The zero-order chi connectivity index (χ0) is 9.38. The summed E-state index contributed by atoms with van der Waals surface area (Å²) in [5, 5.41) is 1.24. The van der Waals surface area contributed by atoms with Gasteiger partial charge in [0.25, 0.3) is 0 Å². The molecule has 1 aliphatic heterocycles. The van der Waals surface area contributed by atoms with E-state index in [1.54, 1.807) is 6.26 Å². The van der Waals surface area contributed by atoms with Crippen LogP contribution in [0, 0.1) is 0 Å². The van der Waals surface area contributed by atoms with Crippen molar-refractivity contribution in [3.05, 3.63) is 35.2 Å². The molecule has 0 saturated heterocycles. The lowest BCUT2D eigenvalue weighted by atomic mass is 10.1. The van der Waals surface area contributed by atoms with Gasteiger partial charge < -0.3 is 4.74 Å². The van der Waals surface area contributed by atoms with Crippen molar-refractivity contribution < 1.29 is 4.74 Å². The minimum atomic E-state index is 0.781. The van der Waals surface area contributed by atoms with Crippen LogP contribution in [-0.2, 0) is 11.2 Å². The van der Waals surface area contributed by atoms with Crippen LogP contribution in [0.4, 0.5) is 0 Å². The van der Waals surface area contributed by atoms with Crippen LogP contribution in [-0.4, -0.2) is 11.6 Å². The van der Waals surface area contributed by atoms with E-state index in [1.165, 1.54) is 20.5 Å². The molecule has 14 heavy (non-hydrogen) atoms. The predicted molar refractivity (Wildman–Crippen MR) is 58.3 cm³/mol. The highest BCUT2D eigenvalue weighted by Crippen LogP contribution is 2.32. The second-order valence-corrected chi connectivity index (χ2v) is 4.37. The van der Waals surface area contributed by atoms with E-state index in [0.717, 1.165) is 13.0 Å². The summed E-state index contributed by atoms with van der Waals surface area (Å²) in [4.78, 5) is 5.56. The van der Waals surface area contributed by atoms with Gasteiger partial charge >= 0.3 is 0 Å². The number of aromatic nitrogens is 1. The molecule has 2 aromatic rings. The van der Waals surface area contributed by atoms with Crippen LogP contribution in [0.2, 0.25) is 0 Å². The van der Waals surface area contributed by atoms with Crippen molar-refractivity contribution in [2.45, 2.75) is 6.42 Å². The fourth-order valence-electron chi connectivity index (χ4n) is 1.72. The molecule has 0 unspecified atom stereocenters. The molecule has 0 bridgehead atoms. The van der Waals surface area contributed by atoms with Gasteiger partial charge in [-0.3, -0.25) is 4.98 Å². The number of thiophene rings is 1. The summed E-state index contributed by atoms with van der Waals surface area (Å²) in [5.74, 6) is 0. The molecular formula is C11H9NOS.